The van der Waals surface area contributed by atoms with Gasteiger partial charge in [-0.2, -0.15) is 5.10 Å². The van der Waals surface area contributed by atoms with Crippen LogP contribution in [0.15, 0.2) is 59.2 Å². The maximum atomic E-state index is 14.0. The molecular formula is C46H67N5O11. The Hall–Kier alpha value is -4.18. The number of likely N-dealkylation sites (N-methyl/N-ethyl adjacent to an activating group) is 1. The number of esters is 1. The molecule has 0 spiro atoms. The van der Waals surface area contributed by atoms with E-state index in [1.54, 1.807) is 50.7 Å². The Morgan fingerprint density at radius 3 is 2.48 bits per heavy atom. The molecule has 0 radical (unpaired) electrons. The van der Waals surface area contributed by atoms with Gasteiger partial charge in [-0.15, -0.1) is 12.3 Å². The van der Waals surface area contributed by atoms with Crippen molar-refractivity contribution >= 4 is 17.6 Å². The van der Waals surface area contributed by atoms with Crippen LogP contribution in [0.3, 0.4) is 0 Å². The van der Waals surface area contributed by atoms with Crippen LogP contribution >= 0.6 is 0 Å². The first-order valence-corrected chi connectivity index (χ1v) is 21.6. The van der Waals surface area contributed by atoms with E-state index in [0.29, 0.717) is 36.4 Å². The number of rotatable bonds is 10. The maximum Gasteiger partial charge on any atom is 0.311 e. The Kier molecular flexibility index (Phi) is 16.5. The molecule has 1 amide bonds. The molecule has 0 aliphatic carbocycles. The van der Waals surface area contributed by atoms with Crippen molar-refractivity contribution in [3.8, 4) is 23.8 Å². The van der Waals surface area contributed by atoms with E-state index in [1.165, 1.54) is 13.8 Å². The minimum absolute atomic E-state index is 0.166. The van der Waals surface area contributed by atoms with Crippen LogP contribution < -0.4 is 10.2 Å². The number of cyclic esters (lactones) is 1. The summed E-state index contributed by atoms with van der Waals surface area (Å²) in [6.45, 7) is 15.6. The van der Waals surface area contributed by atoms with Crippen LogP contribution in [0, 0.1) is 30.1 Å². The van der Waals surface area contributed by atoms with E-state index in [0.717, 1.165) is 5.69 Å². The molecule has 3 aliphatic rings. The number of ether oxygens (including phenoxy) is 5. The summed E-state index contributed by atoms with van der Waals surface area (Å²) in [5.74, 6) is -0.468. The molecule has 62 heavy (non-hydrogen) atoms. The number of aliphatic hydroxyl groups excluding tert-OH is 2. The summed E-state index contributed by atoms with van der Waals surface area (Å²) in [6, 6.07) is 8.61. The van der Waals surface area contributed by atoms with Crippen LogP contribution in [0.5, 0.6) is 5.75 Å². The molecular weight excluding hydrogens is 799 g/mol. The molecule has 3 aliphatic heterocycles. The molecule has 1 saturated heterocycles. The van der Waals surface area contributed by atoms with Gasteiger partial charge in [0.05, 0.1) is 48.7 Å². The van der Waals surface area contributed by atoms with E-state index in [2.05, 4.69) is 21.5 Å². The number of allylic oxidation sites excluding steroid dienone is 1. The second-order valence-corrected chi connectivity index (χ2v) is 17.7. The average Bonchev–Trinajstić information content (AvgIpc) is 3.78. The molecule has 16 heteroatoms. The van der Waals surface area contributed by atoms with Gasteiger partial charge in [0.2, 0.25) is 5.91 Å². The fraction of sp³-hybridized carbons (Fsp3) is 0.652. The van der Waals surface area contributed by atoms with Crippen molar-refractivity contribution in [2.24, 2.45) is 22.9 Å². The lowest BCUT2D eigenvalue weighted by atomic mass is 9.76. The Bertz CT molecular complexity index is 1910. The van der Waals surface area contributed by atoms with Crippen LogP contribution in [0.1, 0.15) is 88.0 Å². The zero-order valence-corrected chi connectivity index (χ0v) is 37.8. The highest BCUT2D eigenvalue weighted by molar-refractivity contribution is 5.86. The summed E-state index contributed by atoms with van der Waals surface area (Å²) in [6.07, 6.45) is 3.08. The number of fused-ring (bicyclic) bond motifs is 4. The Morgan fingerprint density at radius 2 is 1.85 bits per heavy atom. The standard InChI is InChI=1S/C46H67N5O11/c1-12-14-21-50(11)36-23-28(4)59-44(40(36)54)61-41-30(6)39(53)31(7)43(55)60-37(13-2)46(10,56)42-29(5)38(48-32(8)52)27(3)24-45(41,9)58-26-33(25-57-42)49-62-35-18-16-34(17-19-35)51-22-15-20-47-51/h1,15-20,22,27-28,30-31,36-37,39-42,44,53-54,56H,13-14,21,23-26H2,2-11H3,(H,48,52)/t27-,28-,30+,31-,36+,37-,39+,40-,41-,42-,44?,45-,46-/m1/s1. The van der Waals surface area contributed by atoms with Gasteiger partial charge in [0.25, 0.3) is 0 Å². The molecule has 2 bridgehead atoms. The second-order valence-electron chi connectivity index (χ2n) is 17.7. The number of amides is 1. The topological polar surface area (TPSA) is 196 Å². The molecule has 16 nitrogen and oxygen atoms in total. The van der Waals surface area contributed by atoms with Gasteiger partial charge in [-0.25, -0.2) is 4.68 Å². The van der Waals surface area contributed by atoms with E-state index in [4.69, 9.17) is 34.9 Å². The summed E-state index contributed by atoms with van der Waals surface area (Å²) in [4.78, 5) is 34.9. The van der Waals surface area contributed by atoms with E-state index in [1.807, 2.05) is 57.1 Å². The number of oxime groups is 1. The highest BCUT2D eigenvalue weighted by Crippen LogP contribution is 2.41. The van der Waals surface area contributed by atoms with E-state index in [-0.39, 0.29) is 49.8 Å². The van der Waals surface area contributed by atoms with Gasteiger partial charge in [0, 0.05) is 49.9 Å². The van der Waals surface area contributed by atoms with Gasteiger partial charge in [0.1, 0.15) is 29.6 Å². The monoisotopic (exact) mass is 865 g/mol. The van der Waals surface area contributed by atoms with Crippen molar-refractivity contribution in [1.82, 2.24) is 20.0 Å². The fourth-order valence-corrected chi connectivity index (χ4v) is 9.12. The third-order valence-corrected chi connectivity index (χ3v) is 12.6. The number of terminal acetylenes is 1. The van der Waals surface area contributed by atoms with Gasteiger partial charge in [-0.3, -0.25) is 14.5 Å². The third kappa shape index (κ3) is 11.3. The summed E-state index contributed by atoms with van der Waals surface area (Å²) < 4.78 is 34.6. The highest BCUT2D eigenvalue weighted by atomic mass is 16.7. The lowest BCUT2D eigenvalue weighted by Crippen LogP contribution is -2.60. The first-order chi connectivity index (χ1) is 29.3. The number of benzene rings is 1. The van der Waals surface area contributed by atoms with Gasteiger partial charge in [-0.1, -0.05) is 25.9 Å². The quantitative estimate of drug-likeness (QED) is 0.151. The van der Waals surface area contributed by atoms with E-state index >= 15 is 0 Å². The zero-order valence-electron chi connectivity index (χ0n) is 37.8. The van der Waals surface area contributed by atoms with Gasteiger partial charge < -0.3 is 49.2 Å². The lowest BCUT2D eigenvalue weighted by molar-refractivity contribution is -0.303. The largest absolute Gasteiger partial charge is 0.459 e. The molecule has 1 unspecified atom stereocenters. The second kappa shape index (κ2) is 21.0. The molecule has 4 N–H and O–H groups in total. The maximum absolute atomic E-state index is 14.0. The minimum atomic E-state index is -1.86. The van der Waals surface area contributed by atoms with E-state index < -0.39 is 71.7 Å². The van der Waals surface area contributed by atoms with Gasteiger partial charge >= 0.3 is 5.97 Å². The smallest absolute Gasteiger partial charge is 0.311 e. The van der Waals surface area contributed by atoms with Crippen molar-refractivity contribution in [2.75, 3.05) is 26.8 Å². The SMILES string of the molecule is C#CCCN(C)[C@H]1C[C@@H](C)OC(O[C@@H]2[C@@H](C)[C@H](O)[C@@H](C)C(=O)O[C@H](CC)[C@@](C)(O)[C@@H]3OCC(=NOc4ccc(-n5cccn5)cc4)CO[C@]2(C)C[C@@H](C)C(NC(C)=O)=C3C)[C@@H]1O. The van der Waals surface area contributed by atoms with Crippen LogP contribution in [0.2, 0.25) is 0 Å². The predicted molar refractivity (Wildman–Crippen MR) is 231 cm³/mol. The molecule has 2 aromatic rings. The number of hydrogen-bond donors (Lipinski definition) is 4. The van der Waals surface area contributed by atoms with Crippen molar-refractivity contribution in [2.45, 2.75) is 148 Å². The molecule has 5 rings (SSSR count). The number of aromatic nitrogens is 2. The highest BCUT2D eigenvalue weighted by Gasteiger charge is 2.52. The summed E-state index contributed by atoms with van der Waals surface area (Å²) in [5, 5.41) is 48.3. The van der Waals surface area contributed by atoms with Crippen molar-refractivity contribution < 1.29 is 53.4 Å². The molecule has 1 fully saturated rings. The molecule has 342 valence electrons. The molecule has 1 aromatic carbocycles. The number of aliphatic hydroxyl groups is 3. The van der Waals surface area contributed by atoms with Gasteiger partial charge in [0.15, 0.2) is 12.0 Å². The van der Waals surface area contributed by atoms with Gasteiger partial charge in [-0.05, 0) is 103 Å². The minimum Gasteiger partial charge on any atom is -0.459 e. The number of carbonyl (C=O) groups is 2. The Balaban J connectivity index is 1.67. The number of carbonyl (C=O) groups excluding carboxylic acids is 2. The number of nitrogens with one attached hydrogen (secondary N) is 1. The van der Waals surface area contributed by atoms with Crippen LogP contribution in [0.25, 0.3) is 5.69 Å². The Morgan fingerprint density at radius 1 is 1.15 bits per heavy atom. The van der Waals surface area contributed by atoms with Crippen molar-refractivity contribution in [3.05, 3.63) is 54.0 Å². The summed E-state index contributed by atoms with van der Waals surface area (Å²) in [7, 11) is 1.89. The molecule has 1 aromatic heterocycles. The summed E-state index contributed by atoms with van der Waals surface area (Å²) >= 11 is 0. The summed E-state index contributed by atoms with van der Waals surface area (Å²) in [5.41, 5.74) is -1.18. The molecule has 0 saturated carbocycles. The van der Waals surface area contributed by atoms with Crippen LogP contribution in [0.4, 0.5) is 0 Å². The molecule has 13 atom stereocenters. The van der Waals surface area contributed by atoms with Crippen LogP contribution in [-0.4, -0.2) is 135 Å². The van der Waals surface area contributed by atoms with Crippen LogP contribution in [-0.2, 0) is 33.3 Å². The fourth-order valence-electron chi connectivity index (χ4n) is 9.12. The molecule has 4 heterocycles. The normalized spacial score (nSPS) is 35.9. The third-order valence-electron chi connectivity index (χ3n) is 12.6. The zero-order chi connectivity index (χ0) is 45.5. The number of hydrogen-bond acceptors (Lipinski definition) is 14. The first-order valence-electron chi connectivity index (χ1n) is 21.6. The lowest BCUT2D eigenvalue weighted by Gasteiger charge is -2.48. The first kappa shape index (κ1) is 48.8. The van der Waals surface area contributed by atoms with Crippen molar-refractivity contribution in [1.29, 1.82) is 0 Å². The predicted octanol–water partition coefficient (Wildman–Crippen LogP) is 4.14. The Labute approximate surface area is 365 Å². The van der Waals surface area contributed by atoms with Crippen molar-refractivity contribution in [3.63, 3.8) is 0 Å². The number of nitrogens with zero attached hydrogens (tertiary/aromatic N) is 4. The average molecular weight is 866 g/mol. The van der Waals surface area contributed by atoms with E-state index in [9.17, 15) is 24.9 Å².